The van der Waals surface area contributed by atoms with E-state index in [0.29, 0.717) is 18.7 Å². The van der Waals surface area contributed by atoms with Crippen molar-refractivity contribution in [3.05, 3.63) is 102 Å². The molecule has 1 aliphatic rings. The van der Waals surface area contributed by atoms with Crippen LogP contribution in [0.5, 0.6) is 5.75 Å². The van der Waals surface area contributed by atoms with Crippen molar-refractivity contribution in [2.24, 2.45) is 0 Å². The Balaban J connectivity index is 1.39. The number of ether oxygens (including phenoxy) is 1. The van der Waals surface area contributed by atoms with Gasteiger partial charge in [0.2, 0.25) is 0 Å². The second-order valence-electron chi connectivity index (χ2n) is 8.74. The molecule has 1 N–H and O–H groups in total. The molecule has 7 nitrogen and oxygen atoms in total. The number of rotatable bonds is 7. The number of hydrogen-bond acceptors (Lipinski definition) is 4. The zero-order valence-electron chi connectivity index (χ0n) is 20.1. The minimum atomic E-state index is -0.880. The topological polar surface area (TPSA) is 80.6 Å². The Labute approximate surface area is 212 Å². The number of imide groups is 2. The average Bonchev–Trinajstić information content (AvgIpc) is 3.24. The van der Waals surface area contributed by atoms with Gasteiger partial charge in [0.05, 0.1) is 12.3 Å². The highest BCUT2D eigenvalue weighted by Crippen LogP contribution is 2.27. The number of aromatic nitrogens is 1. The highest BCUT2D eigenvalue weighted by atomic mass is 19.1. The SMILES string of the molecule is Cc1ccc(OCCCn2cc(/C=C3/C(=O)NC(=O)N(c4ccc(F)cc4)C3=O)c3ccccc32)cc1. The van der Waals surface area contributed by atoms with Crippen molar-refractivity contribution < 1.29 is 23.5 Å². The van der Waals surface area contributed by atoms with Crippen molar-refractivity contribution in [2.75, 3.05) is 11.5 Å². The molecular weight excluding hydrogens is 473 g/mol. The molecule has 4 amide bonds. The van der Waals surface area contributed by atoms with Crippen LogP contribution in [-0.4, -0.2) is 29.0 Å². The van der Waals surface area contributed by atoms with Crippen LogP contribution < -0.4 is 15.0 Å². The first-order chi connectivity index (χ1) is 17.9. The van der Waals surface area contributed by atoms with Crippen LogP contribution in [0.4, 0.5) is 14.9 Å². The second-order valence-corrected chi connectivity index (χ2v) is 8.74. The molecular formula is C29H24FN3O4. The number of fused-ring (bicyclic) bond motifs is 1. The summed E-state index contributed by atoms with van der Waals surface area (Å²) >= 11 is 0. The standard InChI is InChI=1S/C29H24FN3O4/c1-19-7-13-23(14-8-19)37-16-4-15-32-18-20(24-5-2-3-6-26(24)32)17-25-27(34)31-29(36)33(28(25)35)22-11-9-21(30)10-12-22/h2-3,5-14,17-18H,4,15-16H2,1H3,(H,31,34,36)/b25-17-. The number of amides is 4. The van der Waals surface area contributed by atoms with Crippen LogP contribution >= 0.6 is 0 Å². The van der Waals surface area contributed by atoms with Gasteiger partial charge in [0, 0.05) is 29.2 Å². The first kappa shape index (κ1) is 24.0. The number of barbiturate groups is 1. The monoisotopic (exact) mass is 497 g/mol. The maximum atomic E-state index is 13.4. The minimum absolute atomic E-state index is 0.165. The van der Waals surface area contributed by atoms with E-state index in [0.717, 1.165) is 40.1 Å². The number of halogens is 1. The van der Waals surface area contributed by atoms with Crippen LogP contribution in [0.15, 0.2) is 84.6 Å². The molecule has 0 saturated carbocycles. The van der Waals surface area contributed by atoms with Gasteiger partial charge in [0.1, 0.15) is 17.1 Å². The molecule has 0 spiro atoms. The van der Waals surface area contributed by atoms with E-state index in [1.165, 1.54) is 23.8 Å². The fourth-order valence-corrected chi connectivity index (χ4v) is 4.27. The lowest BCUT2D eigenvalue weighted by molar-refractivity contribution is -0.122. The highest BCUT2D eigenvalue weighted by molar-refractivity contribution is 6.39. The van der Waals surface area contributed by atoms with Crippen molar-refractivity contribution >= 4 is 40.5 Å². The molecule has 186 valence electrons. The number of urea groups is 1. The zero-order chi connectivity index (χ0) is 25.9. The minimum Gasteiger partial charge on any atom is -0.494 e. The number of nitrogens with one attached hydrogen (secondary N) is 1. The Hall–Kier alpha value is -4.72. The van der Waals surface area contributed by atoms with Crippen molar-refractivity contribution in [1.29, 1.82) is 0 Å². The molecule has 2 heterocycles. The van der Waals surface area contributed by atoms with Crippen LogP contribution in [0.2, 0.25) is 0 Å². The van der Waals surface area contributed by atoms with Gasteiger partial charge in [-0.3, -0.25) is 14.9 Å². The molecule has 0 unspecified atom stereocenters. The van der Waals surface area contributed by atoms with Crippen LogP contribution in [-0.2, 0) is 16.1 Å². The summed E-state index contributed by atoms with van der Waals surface area (Å²) in [7, 11) is 0. The smallest absolute Gasteiger partial charge is 0.335 e. The van der Waals surface area contributed by atoms with E-state index in [2.05, 4.69) is 5.32 Å². The zero-order valence-corrected chi connectivity index (χ0v) is 20.1. The van der Waals surface area contributed by atoms with Gasteiger partial charge in [0.15, 0.2) is 0 Å². The number of nitrogens with zero attached hydrogens (tertiary/aromatic N) is 2. The van der Waals surface area contributed by atoms with E-state index >= 15 is 0 Å². The molecule has 37 heavy (non-hydrogen) atoms. The number of aryl methyl sites for hydroxylation is 2. The molecule has 8 heteroatoms. The predicted octanol–water partition coefficient (Wildman–Crippen LogP) is 5.22. The highest BCUT2D eigenvalue weighted by Gasteiger charge is 2.37. The normalized spacial score (nSPS) is 14.9. The molecule has 4 aromatic rings. The summed E-state index contributed by atoms with van der Waals surface area (Å²) in [5, 5.41) is 3.06. The summed E-state index contributed by atoms with van der Waals surface area (Å²) in [5.74, 6) is -1.24. The van der Waals surface area contributed by atoms with Gasteiger partial charge in [-0.25, -0.2) is 14.1 Å². The summed E-state index contributed by atoms with van der Waals surface area (Å²) in [4.78, 5) is 39.1. The van der Waals surface area contributed by atoms with Gasteiger partial charge in [-0.1, -0.05) is 35.9 Å². The lowest BCUT2D eigenvalue weighted by atomic mass is 10.1. The van der Waals surface area contributed by atoms with E-state index in [1.807, 2.05) is 66.2 Å². The summed E-state index contributed by atoms with van der Waals surface area (Å²) < 4.78 is 21.2. The maximum absolute atomic E-state index is 13.4. The van der Waals surface area contributed by atoms with E-state index in [1.54, 1.807) is 0 Å². The molecule has 5 rings (SSSR count). The molecule has 1 saturated heterocycles. The molecule has 0 bridgehead atoms. The molecule has 0 aliphatic carbocycles. The van der Waals surface area contributed by atoms with E-state index in [9.17, 15) is 18.8 Å². The lowest BCUT2D eigenvalue weighted by Crippen LogP contribution is -2.54. The van der Waals surface area contributed by atoms with Crippen molar-refractivity contribution in [3.8, 4) is 5.75 Å². The van der Waals surface area contributed by atoms with Gasteiger partial charge in [-0.15, -0.1) is 0 Å². The van der Waals surface area contributed by atoms with Crippen molar-refractivity contribution in [2.45, 2.75) is 19.9 Å². The fraction of sp³-hybridized carbons (Fsp3) is 0.138. The summed E-state index contributed by atoms with van der Waals surface area (Å²) in [5.41, 5.74) is 2.76. The Morgan fingerprint density at radius 2 is 1.68 bits per heavy atom. The summed E-state index contributed by atoms with van der Waals surface area (Å²) in [6.45, 7) is 3.22. The van der Waals surface area contributed by atoms with Gasteiger partial charge < -0.3 is 9.30 Å². The average molecular weight is 498 g/mol. The Morgan fingerprint density at radius 1 is 0.946 bits per heavy atom. The lowest BCUT2D eigenvalue weighted by Gasteiger charge is -2.26. The molecule has 1 fully saturated rings. The van der Waals surface area contributed by atoms with Crippen LogP contribution in [0.3, 0.4) is 0 Å². The number of para-hydroxylation sites is 1. The first-order valence-electron chi connectivity index (χ1n) is 11.8. The largest absolute Gasteiger partial charge is 0.494 e. The molecule has 0 radical (unpaired) electrons. The van der Waals surface area contributed by atoms with Crippen molar-refractivity contribution in [3.63, 3.8) is 0 Å². The van der Waals surface area contributed by atoms with Gasteiger partial charge in [0.25, 0.3) is 11.8 Å². The second kappa shape index (κ2) is 10.1. The summed E-state index contributed by atoms with van der Waals surface area (Å²) in [6.07, 6.45) is 4.11. The Bertz CT molecular complexity index is 1520. The van der Waals surface area contributed by atoms with Gasteiger partial charge in [-0.05, 0) is 61.9 Å². The molecule has 1 aromatic heterocycles. The van der Waals surface area contributed by atoms with Crippen LogP contribution in [0.25, 0.3) is 17.0 Å². The number of carbonyl (C=O) groups is 3. The van der Waals surface area contributed by atoms with Gasteiger partial charge in [-0.2, -0.15) is 0 Å². The molecule has 1 aliphatic heterocycles. The third-order valence-corrected chi connectivity index (χ3v) is 6.14. The molecule has 3 aromatic carbocycles. The number of anilines is 1. The quantitative estimate of drug-likeness (QED) is 0.216. The third kappa shape index (κ3) is 4.99. The van der Waals surface area contributed by atoms with Gasteiger partial charge >= 0.3 is 6.03 Å². The maximum Gasteiger partial charge on any atom is 0.335 e. The number of benzene rings is 3. The van der Waals surface area contributed by atoms with E-state index < -0.39 is 23.7 Å². The van der Waals surface area contributed by atoms with E-state index in [-0.39, 0.29) is 11.3 Å². The van der Waals surface area contributed by atoms with Crippen LogP contribution in [0, 0.1) is 12.7 Å². The number of carbonyl (C=O) groups excluding carboxylic acids is 3. The number of hydrogen-bond donors (Lipinski definition) is 1. The predicted molar refractivity (Wildman–Crippen MR) is 139 cm³/mol. The van der Waals surface area contributed by atoms with E-state index in [4.69, 9.17) is 4.74 Å². The first-order valence-corrected chi connectivity index (χ1v) is 11.8. The summed E-state index contributed by atoms with van der Waals surface area (Å²) in [6, 6.07) is 19.6. The Morgan fingerprint density at radius 3 is 2.43 bits per heavy atom. The van der Waals surface area contributed by atoms with Crippen LogP contribution in [0.1, 0.15) is 17.5 Å². The third-order valence-electron chi connectivity index (χ3n) is 6.14. The molecule has 0 atom stereocenters. The Kier molecular flexibility index (Phi) is 6.55. The van der Waals surface area contributed by atoms with Crippen molar-refractivity contribution in [1.82, 2.24) is 9.88 Å². The fourth-order valence-electron chi connectivity index (χ4n) is 4.27.